The number of carbonyl (C=O) groups excluding carboxylic acids is 1. The molecule has 0 radical (unpaired) electrons. The van der Waals surface area contributed by atoms with E-state index in [1.165, 1.54) is 17.3 Å². The maximum absolute atomic E-state index is 13.0. The molecule has 0 saturated heterocycles. The lowest BCUT2D eigenvalue weighted by atomic mass is 10.1. The van der Waals surface area contributed by atoms with Crippen molar-refractivity contribution in [3.05, 3.63) is 76.2 Å². The van der Waals surface area contributed by atoms with E-state index in [-0.39, 0.29) is 17.2 Å². The third-order valence-electron chi connectivity index (χ3n) is 5.27. The molecule has 2 heterocycles. The standard InChI is InChI=1S/C24H24N4O2S/c1-4-28-23(30)22-21(19(13-25-22)17-8-6-5-7-9-17)27-24(28)31-14-20(29)26-18-11-10-15(2)16(3)12-18/h5-13,25H,4,14H2,1-3H3,(H,26,29). The van der Waals surface area contributed by atoms with Crippen molar-refractivity contribution in [3.8, 4) is 11.1 Å². The number of nitrogens with one attached hydrogen (secondary N) is 2. The fourth-order valence-electron chi connectivity index (χ4n) is 3.45. The molecule has 4 rings (SSSR count). The van der Waals surface area contributed by atoms with E-state index < -0.39 is 0 Å². The van der Waals surface area contributed by atoms with Crippen LogP contribution in [0.5, 0.6) is 0 Å². The Kier molecular flexibility index (Phi) is 5.95. The van der Waals surface area contributed by atoms with E-state index in [1.807, 2.05) is 75.5 Å². The number of fused-ring (bicyclic) bond motifs is 1. The van der Waals surface area contributed by atoms with Crippen molar-refractivity contribution in [2.75, 3.05) is 11.1 Å². The number of anilines is 1. The van der Waals surface area contributed by atoms with E-state index in [1.54, 1.807) is 4.57 Å². The summed E-state index contributed by atoms with van der Waals surface area (Å²) < 4.78 is 1.60. The van der Waals surface area contributed by atoms with Gasteiger partial charge in [0, 0.05) is 24.0 Å². The highest BCUT2D eigenvalue weighted by molar-refractivity contribution is 7.99. The van der Waals surface area contributed by atoms with Crippen molar-refractivity contribution < 1.29 is 4.79 Å². The van der Waals surface area contributed by atoms with Gasteiger partial charge in [-0.1, -0.05) is 48.2 Å². The molecular weight excluding hydrogens is 408 g/mol. The minimum atomic E-state index is -0.136. The summed E-state index contributed by atoms with van der Waals surface area (Å²) in [5.41, 5.74) is 5.89. The molecule has 1 amide bonds. The lowest BCUT2D eigenvalue weighted by molar-refractivity contribution is -0.113. The first-order chi connectivity index (χ1) is 15.0. The zero-order valence-corrected chi connectivity index (χ0v) is 18.5. The summed E-state index contributed by atoms with van der Waals surface area (Å²) in [6, 6.07) is 15.7. The molecule has 0 atom stereocenters. The number of benzene rings is 2. The van der Waals surface area contributed by atoms with E-state index in [2.05, 4.69) is 10.3 Å². The molecule has 158 valence electrons. The maximum Gasteiger partial charge on any atom is 0.278 e. The van der Waals surface area contributed by atoms with Gasteiger partial charge in [-0.25, -0.2) is 4.98 Å². The summed E-state index contributed by atoms with van der Waals surface area (Å²) in [5, 5.41) is 3.45. The Balaban J connectivity index is 1.61. The van der Waals surface area contributed by atoms with Crippen LogP contribution in [0, 0.1) is 13.8 Å². The molecule has 0 fully saturated rings. The Morgan fingerprint density at radius 1 is 1.13 bits per heavy atom. The number of nitrogens with zero attached hydrogens (tertiary/aromatic N) is 2. The number of hydrogen-bond donors (Lipinski definition) is 2. The van der Waals surface area contributed by atoms with Gasteiger partial charge in [-0.3, -0.25) is 14.2 Å². The molecule has 0 aliphatic heterocycles. The molecule has 2 N–H and O–H groups in total. The van der Waals surface area contributed by atoms with Crippen LogP contribution in [0.1, 0.15) is 18.1 Å². The molecule has 0 unspecified atom stereocenters. The van der Waals surface area contributed by atoms with Crippen molar-refractivity contribution in [1.82, 2.24) is 14.5 Å². The summed E-state index contributed by atoms with van der Waals surface area (Å²) in [5.74, 6) is 0.0262. The second-order valence-corrected chi connectivity index (χ2v) is 8.31. The molecule has 0 saturated carbocycles. The zero-order chi connectivity index (χ0) is 22.0. The van der Waals surface area contributed by atoms with E-state index in [4.69, 9.17) is 4.98 Å². The Hall–Kier alpha value is -3.32. The third-order valence-corrected chi connectivity index (χ3v) is 6.25. The molecule has 0 aliphatic carbocycles. The van der Waals surface area contributed by atoms with Crippen molar-refractivity contribution in [1.29, 1.82) is 0 Å². The second-order valence-electron chi connectivity index (χ2n) is 7.37. The van der Waals surface area contributed by atoms with Crippen LogP contribution in [0.25, 0.3) is 22.2 Å². The highest BCUT2D eigenvalue weighted by Gasteiger charge is 2.17. The maximum atomic E-state index is 13.0. The number of H-pyrrole nitrogens is 1. The van der Waals surface area contributed by atoms with Crippen LogP contribution in [0.4, 0.5) is 5.69 Å². The Morgan fingerprint density at radius 2 is 1.90 bits per heavy atom. The smallest absolute Gasteiger partial charge is 0.278 e. The molecule has 4 aromatic rings. The average molecular weight is 433 g/mol. The zero-order valence-electron chi connectivity index (χ0n) is 17.7. The van der Waals surface area contributed by atoms with Gasteiger partial charge in [0.25, 0.3) is 5.56 Å². The highest BCUT2D eigenvalue weighted by atomic mass is 32.2. The Morgan fingerprint density at radius 3 is 2.61 bits per heavy atom. The monoisotopic (exact) mass is 432 g/mol. The SMILES string of the molecule is CCn1c(SCC(=O)Nc2ccc(C)c(C)c2)nc2c(-c3ccccc3)c[nH]c2c1=O. The number of thioether (sulfide) groups is 1. The molecule has 0 bridgehead atoms. The normalized spacial score (nSPS) is 11.1. The first kappa shape index (κ1) is 20.9. The van der Waals surface area contributed by atoms with Crippen LogP contribution in [0.3, 0.4) is 0 Å². The summed E-state index contributed by atoms with van der Waals surface area (Å²) in [7, 11) is 0. The van der Waals surface area contributed by atoms with Gasteiger partial charge in [0.2, 0.25) is 5.91 Å². The average Bonchev–Trinajstić information content (AvgIpc) is 3.20. The fraction of sp³-hybridized carbons (Fsp3) is 0.208. The number of aromatic amines is 1. The summed E-state index contributed by atoms with van der Waals surface area (Å²) >= 11 is 1.27. The van der Waals surface area contributed by atoms with Gasteiger partial charge in [0.1, 0.15) is 11.0 Å². The topological polar surface area (TPSA) is 79.8 Å². The van der Waals surface area contributed by atoms with Crippen LogP contribution in [0.2, 0.25) is 0 Å². The minimum absolute atomic E-state index is 0.133. The minimum Gasteiger partial charge on any atom is -0.355 e. The van der Waals surface area contributed by atoms with Crippen LogP contribution in [-0.4, -0.2) is 26.2 Å². The van der Waals surface area contributed by atoms with E-state index >= 15 is 0 Å². The molecule has 0 spiro atoms. The number of aromatic nitrogens is 3. The number of amides is 1. The number of aryl methyl sites for hydroxylation is 2. The fourth-order valence-corrected chi connectivity index (χ4v) is 4.30. The van der Waals surface area contributed by atoms with Gasteiger partial charge in [-0.05, 0) is 49.6 Å². The second kappa shape index (κ2) is 8.81. The van der Waals surface area contributed by atoms with E-state index in [0.29, 0.717) is 22.7 Å². The van der Waals surface area contributed by atoms with Crippen molar-refractivity contribution in [2.45, 2.75) is 32.5 Å². The van der Waals surface area contributed by atoms with Crippen molar-refractivity contribution >= 4 is 34.4 Å². The van der Waals surface area contributed by atoms with Crippen LogP contribution in [0.15, 0.2) is 64.7 Å². The number of hydrogen-bond acceptors (Lipinski definition) is 4. The number of carbonyl (C=O) groups is 1. The molecule has 2 aromatic carbocycles. The first-order valence-corrected chi connectivity index (χ1v) is 11.1. The molecule has 2 aromatic heterocycles. The van der Waals surface area contributed by atoms with Crippen molar-refractivity contribution in [2.24, 2.45) is 0 Å². The lowest BCUT2D eigenvalue weighted by Gasteiger charge is -2.11. The van der Waals surface area contributed by atoms with Gasteiger partial charge in [0.15, 0.2) is 5.16 Å². The van der Waals surface area contributed by atoms with Gasteiger partial charge in [-0.2, -0.15) is 0 Å². The lowest BCUT2D eigenvalue weighted by Crippen LogP contribution is -2.23. The van der Waals surface area contributed by atoms with E-state index in [9.17, 15) is 9.59 Å². The highest BCUT2D eigenvalue weighted by Crippen LogP contribution is 2.27. The van der Waals surface area contributed by atoms with Crippen molar-refractivity contribution in [3.63, 3.8) is 0 Å². The predicted molar refractivity (Wildman–Crippen MR) is 127 cm³/mol. The Labute approximate surface area is 184 Å². The van der Waals surface area contributed by atoms with E-state index in [0.717, 1.165) is 22.4 Å². The first-order valence-electron chi connectivity index (χ1n) is 10.1. The molecule has 31 heavy (non-hydrogen) atoms. The van der Waals surface area contributed by atoms with Gasteiger partial charge in [0.05, 0.1) is 5.75 Å². The Bertz CT molecular complexity index is 1310. The summed E-state index contributed by atoms with van der Waals surface area (Å²) in [4.78, 5) is 33.4. The van der Waals surface area contributed by atoms with Crippen LogP contribution < -0.4 is 10.9 Å². The molecule has 0 aliphatic rings. The van der Waals surface area contributed by atoms with Crippen LogP contribution >= 0.6 is 11.8 Å². The van der Waals surface area contributed by atoms with Gasteiger partial charge < -0.3 is 10.3 Å². The summed E-state index contributed by atoms with van der Waals surface area (Å²) in [6.07, 6.45) is 1.81. The van der Waals surface area contributed by atoms with Gasteiger partial charge >= 0.3 is 0 Å². The molecular formula is C24H24N4O2S. The third kappa shape index (κ3) is 4.27. The largest absolute Gasteiger partial charge is 0.355 e. The quantitative estimate of drug-likeness (QED) is 0.340. The van der Waals surface area contributed by atoms with Gasteiger partial charge in [-0.15, -0.1) is 0 Å². The summed E-state index contributed by atoms with van der Waals surface area (Å²) in [6.45, 7) is 6.42. The van der Waals surface area contributed by atoms with Crippen LogP contribution in [-0.2, 0) is 11.3 Å². The molecule has 7 heteroatoms. The predicted octanol–water partition coefficient (Wildman–Crippen LogP) is 4.76. The molecule has 6 nitrogen and oxygen atoms in total. The number of rotatable bonds is 6.